The van der Waals surface area contributed by atoms with Gasteiger partial charge in [-0.1, -0.05) is 11.6 Å². The van der Waals surface area contributed by atoms with Gasteiger partial charge in [-0.25, -0.2) is 9.59 Å². The average Bonchev–Trinajstić information content (AvgIpc) is 3.10. The number of anilines is 2. The lowest BCUT2D eigenvalue weighted by atomic mass is 10.2. The van der Waals surface area contributed by atoms with Crippen molar-refractivity contribution in [3.8, 4) is 0 Å². The first-order valence-electron chi connectivity index (χ1n) is 7.83. The van der Waals surface area contributed by atoms with Crippen molar-refractivity contribution in [2.45, 2.75) is 19.6 Å². The molecule has 3 rings (SSSR count). The second-order valence-electron chi connectivity index (χ2n) is 6.01. The predicted molar refractivity (Wildman–Crippen MR) is 96.1 cm³/mol. The first kappa shape index (κ1) is 18.5. The van der Waals surface area contributed by atoms with E-state index in [1.54, 1.807) is 18.2 Å². The van der Waals surface area contributed by atoms with Crippen LogP contribution in [0.3, 0.4) is 0 Å². The first-order chi connectivity index (χ1) is 12.7. The first-order valence-corrected chi connectivity index (χ1v) is 8.21. The van der Waals surface area contributed by atoms with E-state index in [0.29, 0.717) is 16.4 Å². The van der Waals surface area contributed by atoms with Crippen LogP contribution in [0.5, 0.6) is 0 Å². The van der Waals surface area contributed by atoms with E-state index in [1.807, 2.05) is 0 Å². The zero-order valence-electron chi connectivity index (χ0n) is 14.4. The molecular weight excluding hydrogens is 376 g/mol. The number of cyclic esters (lactones) is 2. The third-order valence-electron chi connectivity index (χ3n) is 3.46. The van der Waals surface area contributed by atoms with Crippen LogP contribution in [-0.4, -0.2) is 23.6 Å². The highest BCUT2D eigenvalue weighted by molar-refractivity contribution is 6.34. The van der Waals surface area contributed by atoms with Gasteiger partial charge in [0.25, 0.3) is 11.7 Å². The predicted octanol–water partition coefficient (Wildman–Crippen LogP) is 3.32. The SMILES string of the molecule is CC1(C)OC(=O)C(=CNc2ccc(Cl)c(NC(=O)c3ccco3)c2)C(=O)O1. The van der Waals surface area contributed by atoms with E-state index in [4.69, 9.17) is 25.5 Å². The summed E-state index contributed by atoms with van der Waals surface area (Å²) in [5.41, 5.74) is 0.494. The second kappa shape index (κ2) is 7.16. The fourth-order valence-corrected chi connectivity index (χ4v) is 2.40. The molecule has 140 valence electrons. The second-order valence-corrected chi connectivity index (χ2v) is 6.41. The van der Waals surface area contributed by atoms with Gasteiger partial charge in [0.05, 0.1) is 17.0 Å². The number of furan rings is 1. The molecule has 0 aliphatic carbocycles. The Bertz CT molecular complexity index is 911. The van der Waals surface area contributed by atoms with Gasteiger partial charge >= 0.3 is 11.9 Å². The van der Waals surface area contributed by atoms with E-state index in [0.717, 1.165) is 0 Å². The summed E-state index contributed by atoms with van der Waals surface area (Å²) in [6.07, 6.45) is 2.55. The topological polar surface area (TPSA) is 107 Å². The number of carbonyl (C=O) groups is 3. The molecule has 1 saturated heterocycles. The highest BCUT2D eigenvalue weighted by atomic mass is 35.5. The minimum absolute atomic E-state index is 0.127. The largest absolute Gasteiger partial charge is 0.459 e. The van der Waals surface area contributed by atoms with Gasteiger partial charge in [-0.2, -0.15) is 0 Å². The number of halogens is 1. The summed E-state index contributed by atoms with van der Waals surface area (Å²) in [4.78, 5) is 35.9. The highest BCUT2D eigenvalue weighted by Crippen LogP contribution is 2.27. The molecule has 1 amide bonds. The van der Waals surface area contributed by atoms with Crippen molar-refractivity contribution >= 4 is 40.8 Å². The highest BCUT2D eigenvalue weighted by Gasteiger charge is 2.38. The Labute approximate surface area is 159 Å². The van der Waals surface area contributed by atoms with Gasteiger partial charge in [0.1, 0.15) is 0 Å². The molecule has 1 aromatic heterocycles. The van der Waals surface area contributed by atoms with Gasteiger partial charge in [-0.15, -0.1) is 0 Å². The number of nitrogens with one attached hydrogen (secondary N) is 2. The van der Waals surface area contributed by atoms with Crippen molar-refractivity contribution in [1.82, 2.24) is 0 Å². The molecule has 0 radical (unpaired) electrons. The lowest BCUT2D eigenvalue weighted by Crippen LogP contribution is -2.42. The van der Waals surface area contributed by atoms with Crippen LogP contribution in [0.1, 0.15) is 24.4 Å². The zero-order chi connectivity index (χ0) is 19.6. The van der Waals surface area contributed by atoms with Gasteiger partial charge in [0.2, 0.25) is 0 Å². The summed E-state index contributed by atoms with van der Waals surface area (Å²) >= 11 is 6.09. The Hall–Kier alpha value is -3.26. The summed E-state index contributed by atoms with van der Waals surface area (Å²) in [7, 11) is 0. The summed E-state index contributed by atoms with van der Waals surface area (Å²) < 4.78 is 15.0. The zero-order valence-corrected chi connectivity index (χ0v) is 15.1. The Morgan fingerprint density at radius 2 is 1.85 bits per heavy atom. The van der Waals surface area contributed by atoms with E-state index in [1.165, 1.54) is 38.4 Å². The normalized spacial score (nSPS) is 15.6. The Balaban J connectivity index is 1.75. The molecule has 2 aromatic rings. The smallest absolute Gasteiger partial charge is 0.350 e. The Morgan fingerprint density at radius 1 is 1.15 bits per heavy atom. The molecule has 1 aromatic carbocycles. The molecule has 1 aliphatic rings. The molecule has 0 saturated carbocycles. The maximum atomic E-state index is 12.1. The number of carbonyl (C=O) groups excluding carboxylic acids is 3. The molecule has 2 heterocycles. The summed E-state index contributed by atoms with van der Waals surface area (Å²) in [6.45, 7) is 2.92. The van der Waals surface area contributed by atoms with E-state index in [-0.39, 0.29) is 11.3 Å². The van der Waals surface area contributed by atoms with Crippen molar-refractivity contribution < 1.29 is 28.3 Å². The quantitative estimate of drug-likeness (QED) is 0.468. The van der Waals surface area contributed by atoms with Crippen molar-refractivity contribution in [2.24, 2.45) is 0 Å². The Kier molecular flexibility index (Phi) is 4.91. The van der Waals surface area contributed by atoms with Gasteiger partial charge in [-0.3, -0.25) is 4.79 Å². The van der Waals surface area contributed by atoms with Crippen molar-refractivity contribution in [1.29, 1.82) is 0 Å². The van der Waals surface area contributed by atoms with Crippen LogP contribution in [0, 0.1) is 0 Å². The van der Waals surface area contributed by atoms with Crippen LogP contribution in [0.15, 0.2) is 52.8 Å². The fourth-order valence-electron chi connectivity index (χ4n) is 2.24. The lowest BCUT2D eigenvalue weighted by Gasteiger charge is -2.29. The maximum Gasteiger partial charge on any atom is 0.350 e. The van der Waals surface area contributed by atoms with Crippen LogP contribution in [0.4, 0.5) is 11.4 Å². The van der Waals surface area contributed by atoms with Crippen molar-refractivity contribution in [2.75, 3.05) is 10.6 Å². The van der Waals surface area contributed by atoms with Gasteiger partial charge < -0.3 is 24.5 Å². The van der Waals surface area contributed by atoms with Crippen LogP contribution < -0.4 is 10.6 Å². The number of amides is 1. The number of hydrogen-bond acceptors (Lipinski definition) is 7. The molecule has 27 heavy (non-hydrogen) atoms. The van der Waals surface area contributed by atoms with E-state index in [2.05, 4.69) is 10.6 Å². The van der Waals surface area contributed by atoms with Crippen LogP contribution >= 0.6 is 11.6 Å². The molecule has 8 nitrogen and oxygen atoms in total. The fraction of sp³-hybridized carbons (Fsp3) is 0.167. The Morgan fingerprint density at radius 3 is 2.48 bits per heavy atom. The summed E-state index contributed by atoms with van der Waals surface area (Å²) in [6, 6.07) is 7.78. The molecule has 0 spiro atoms. The molecule has 0 atom stereocenters. The minimum atomic E-state index is -1.31. The third-order valence-corrected chi connectivity index (χ3v) is 3.79. The van der Waals surface area contributed by atoms with Crippen LogP contribution in [-0.2, 0) is 19.1 Å². The minimum Gasteiger partial charge on any atom is -0.459 e. The monoisotopic (exact) mass is 390 g/mol. The number of benzene rings is 1. The summed E-state index contributed by atoms with van der Waals surface area (Å²) in [5, 5.41) is 5.69. The average molecular weight is 391 g/mol. The van der Waals surface area contributed by atoms with E-state index < -0.39 is 23.6 Å². The molecule has 9 heteroatoms. The molecule has 0 bridgehead atoms. The standard InChI is InChI=1S/C18H15ClN2O6/c1-18(2)26-16(23)11(17(24)27-18)9-20-10-5-6-12(19)13(8-10)21-15(22)14-4-3-7-25-14/h3-9,20H,1-2H3,(H,21,22). The van der Waals surface area contributed by atoms with Gasteiger partial charge in [0, 0.05) is 25.7 Å². The van der Waals surface area contributed by atoms with Crippen LogP contribution in [0.25, 0.3) is 0 Å². The number of rotatable bonds is 4. The van der Waals surface area contributed by atoms with Gasteiger partial charge in [-0.05, 0) is 30.3 Å². The number of ether oxygens (including phenoxy) is 2. The number of esters is 2. The van der Waals surface area contributed by atoms with Crippen molar-refractivity contribution in [3.05, 3.63) is 59.2 Å². The molecular formula is C18H15ClN2O6. The van der Waals surface area contributed by atoms with Crippen LogP contribution in [0.2, 0.25) is 5.02 Å². The molecule has 0 unspecified atom stereocenters. The lowest BCUT2D eigenvalue weighted by molar-refractivity contribution is -0.222. The van der Waals surface area contributed by atoms with Gasteiger partial charge in [0.15, 0.2) is 11.3 Å². The molecule has 1 aliphatic heterocycles. The summed E-state index contributed by atoms with van der Waals surface area (Å²) in [5.74, 6) is -3.26. The third kappa shape index (κ3) is 4.29. The number of hydrogen-bond donors (Lipinski definition) is 2. The molecule has 2 N–H and O–H groups in total. The van der Waals surface area contributed by atoms with Crippen molar-refractivity contribution in [3.63, 3.8) is 0 Å². The molecule has 1 fully saturated rings. The van der Waals surface area contributed by atoms with E-state index in [9.17, 15) is 14.4 Å². The van der Waals surface area contributed by atoms with E-state index >= 15 is 0 Å². The maximum absolute atomic E-state index is 12.1.